The first kappa shape index (κ1) is 14.7. The van der Waals surface area contributed by atoms with Crippen LogP contribution in [0, 0.1) is 0 Å². The van der Waals surface area contributed by atoms with Crippen molar-refractivity contribution in [1.29, 1.82) is 0 Å². The minimum Gasteiger partial charge on any atom is -0.396 e. The van der Waals surface area contributed by atoms with E-state index < -0.39 is 0 Å². The quantitative estimate of drug-likeness (QED) is 0.503. The highest BCUT2D eigenvalue weighted by atomic mass is 32.2. The Morgan fingerprint density at radius 1 is 1.53 bits per heavy atom. The molecule has 0 aromatic rings. The van der Waals surface area contributed by atoms with E-state index in [0.29, 0.717) is 13.0 Å². The van der Waals surface area contributed by atoms with E-state index in [2.05, 4.69) is 5.32 Å². The van der Waals surface area contributed by atoms with Crippen LogP contribution >= 0.6 is 11.8 Å². The molecule has 0 aromatic carbocycles. The second-order valence-corrected chi connectivity index (χ2v) is 4.78. The van der Waals surface area contributed by atoms with Crippen LogP contribution in [-0.2, 0) is 4.79 Å². The molecule has 0 aromatic heterocycles. The van der Waals surface area contributed by atoms with Gasteiger partial charge >= 0.3 is 0 Å². The molecule has 5 heteroatoms. The Labute approximate surface area is 96.0 Å². The molecular weight excluding hydrogens is 212 g/mol. The number of nitrogens with two attached hydrogens (primary N) is 1. The van der Waals surface area contributed by atoms with Gasteiger partial charge in [-0.25, -0.2) is 0 Å². The molecule has 90 valence electrons. The van der Waals surface area contributed by atoms with Gasteiger partial charge in [-0.15, -0.1) is 0 Å². The van der Waals surface area contributed by atoms with Crippen molar-refractivity contribution >= 4 is 17.7 Å². The van der Waals surface area contributed by atoms with Gasteiger partial charge in [0, 0.05) is 31.4 Å². The number of amides is 1. The lowest BCUT2D eigenvalue weighted by atomic mass is 10.2. The SMILES string of the molecule is CC(N)CCC(=O)NCCSCCCO. The average molecular weight is 234 g/mol. The molecule has 0 radical (unpaired) electrons. The van der Waals surface area contributed by atoms with Gasteiger partial charge in [0.2, 0.25) is 5.91 Å². The summed E-state index contributed by atoms with van der Waals surface area (Å²) in [5.41, 5.74) is 5.54. The second-order valence-electron chi connectivity index (χ2n) is 3.56. The normalized spacial score (nSPS) is 12.5. The van der Waals surface area contributed by atoms with E-state index in [1.807, 2.05) is 6.92 Å². The summed E-state index contributed by atoms with van der Waals surface area (Å²) in [6, 6.07) is 0.0923. The Hall–Kier alpha value is -0.260. The molecule has 0 heterocycles. The van der Waals surface area contributed by atoms with Crippen LogP contribution in [0.15, 0.2) is 0 Å². The van der Waals surface area contributed by atoms with Crippen molar-refractivity contribution in [3.63, 3.8) is 0 Å². The maximum atomic E-state index is 11.2. The van der Waals surface area contributed by atoms with Gasteiger partial charge in [0.05, 0.1) is 0 Å². The molecule has 1 unspecified atom stereocenters. The number of aliphatic hydroxyl groups is 1. The third-order valence-corrected chi connectivity index (χ3v) is 2.91. The maximum Gasteiger partial charge on any atom is 0.220 e. The zero-order valence-corrected chi connectivity index (χ0v) is 10.2. The largest absolute Gasteiger partial charge is 0.396 e. The lowest BCUT2D eigenvalue weighted by molar-refractivity contribution is -0.121. The van der Waals surface area contributed by atoms with Crippen molar-refractivity contribution in [3.8, 4) is 0 Å². The molecule has 0 saturated carbocycles. The molecule has 0 spiro atoms. The number of hydrogen-bond acceptors (Lipinski definition) is 4. The molecule has 0 aliphatic rings. The van der Waals surface area contributed by atoms with Gasteiger partial charge in [-0.05, 0) is 25.5 Å². The number of carbonyl (C=O) groups excluding carboxylic acids is 1. The molecule has 0 aliphatic heterocycles. The molecule has 4 nitrogen and oxygen atoms in total. The summed E-state index contributed by atoms with van der Waals surface area (Å²) < 4.78 is 0. The first-order valence-corrected chi connectivity index (χ1v) is 6.53. The second kappa shape index (κ2) is 10.3. The third-order valence-electron chi connectivity index (χ3n) is 1.84. The third kappa shape index (κ3) is 11.7. The summed E-state index contributed by atoms with van der Waals surface area (Å²) in [7, 11) is 0. The fraction of sp³-hybridized carbons (Fsp3) is 0.900. The van der Waals surface area contributed by atoms with Crippen LogP contribution in [0.25, 0.3) is 0 Å². The van der Waals surface area contributed by atoms with Crippen LogP contribution in [0.4, 0.5) is 0 Å². The lowest BCUT2D eigenvalue weighted by Crippen LogP contribution is -2.27. The van der Waals surface area contributed by atoms with Crippen molar-refractivity contribution < 1.29 is 9.90 Å². The fourth-order valence-electron chi connectivity index (χ4n) is 0.978. The van der Waals surface area contributed by atoms with Gasteiger partial charge in [-0.2, -0.15) is 11.8 Å². The number of rotatable bonds is 9. The van der Waals surface area contributed by atoms with Crippen LogP contribution in [0.1, 0.15) is 26.2 Å². The minimum absolute atomic E-state index is 0.0788. The van der Waals surface area contributed by atoms with E-state index in [-0.39, 0.29) is 18.6 Å². The molecule has 1 atom stereocenters. The first-order chi connectivity index (χ1) is 7.16. The molecule has 0 aliphatic carbocycles. The molecule has 0 rings (SSSR count). The number of hydrogen-bond donors (Lipinski definition) is 3. The van der Waals surface area contributed by atoms with Gasteiger partial charge in [-0.1, -0.05) is 0 Å². The van der Waals surface area contributed by atoms with Crippen LogP contribution in [-0.4, -0.2) is 41.7 Å². The van der Waals surface area contributed by atoms with Crippen LogP contribution in [0.2, 0.25) is 0 Å². The first-order valence-electron chi connectivity index (χ1n) is 5.37. The van der Waals surface area contributed by atoms with E-state index in [1.165, 1.54) is 0 Å². The minimum atomic E-state index is 0.0788. The van der Waals surface area contributed by atoms with E-state index in [9.17, 15) is 4.79 Å². The highest BCUT2D eigenvalue weighted by Gasteiger charge is 2.02. The standard InChI is InChI=1S/C10H22N2O2S/c1-9(11)3-4-10(14)12-5-8-15-7-2-6-13/h9,13H,2-8,11H2,1H3,(H,12,14). The van der Waals surface area contributed by atoms with Crippen molar-refractivity contribution in [2.45, 2.75) is 32.2 Å². The van der Waals surface area contributed by atoms with Gasteiger partial charge in [-0.3, -0.25) is 4.79 Å². The summed E-state index contributed by atoms with van der Waals surface area (Å²) in [4.78, 5) is 11.2. The maximum absolute atomic E-state index is 11.2. The van der Waals surface area contributed by atoms with E-state index in [4.69, 9.17) is 10.8 Å². The van der Waals surface area contributed by atoms with Crippen LogP contribution in [0.5, 0.6) is 0 Å². The summed E-state index contributed by atoms with van der Waals surface area (Å²) in [6.45, 7) is 2.85. The highest BCUT2D eigenvalue weighted by molar-refractivity contribution is 7.99. The molecule has 1 amide bonds. The summed E-state index contributed by atoms with van der Waals surface area (Å²) in [6.07, 6.45) is 2.08. The van der Waals surface area contributed by atoms with Gasteiger partial charge in [0.25, 0.3) is 0 Å². The van der Waals surface area contributed by atoms with E-state index in [1.54, 1.807) is 11.8 Å². The van der Waals surface area contributed by atoms with Crippen molar-refractivity contribution in [3.05, 3.63) is 0 Å². The Bertz CT molecular complexity index is 166. The van der Waals surface area contributed by atoms with Crippen molar-refractivity contribution in [2.24, 2.45) is 5.73 Å². The zero-order chi connectivity index (χ0) is 11.5. The number of thioether (sulfide) groups is 1. The predicted octanol–water partition coefficient (Wildman–Crippen LogP) is 0.346. The molecule has 0 saturated heterocycles. The Kier molecular flexibility index (Phi) is 10.1. The molecule has 0 fully saturated rings. The Morgan fingerprint density at radius 3 is 2.87 bits per heavy atom. The zero-order valence-electron chi connectivity index (χ0n) is 9.37. The van der Waals surface area contributed by atoms with Gasteiger partial charge in [0.15, 0.2) is 0 Å². The van der Waals surface area contributed by atoms with E-state index in [0.717, 1.165) is 24.3 Å². The smallest absolute Gasteiger partial charge is 0.220 e. The number of carbonyl (C=O) groups is 1. The van der Waals surface area contributed by atoms with Crippen molar-refractivity contribution in [2.75, 3.05) is 24.7 Å². The Morgan fingerprint density at radius 2 is 2.27 bits per heavy atom. The van der Waals surface area contributed by atoms with Crippen LogP contribution < -0.4 is 11.1 Å². The van der Waals surface area contributed by atoms with Gasteiger partial charge < -0.3 is 16.2 Å². The van der Waals surface area contributed by atoms with E-state index >= 15 is 0 Å². The number of aliphatic hydroxyl groups excluding tert-OH is 1. The van der Waals surface area contributed by atoms with Gasteiger partial charge in [0.1, 0.15) is 0 Å². The Balaban J connectivity index is 3.17. The summed E-state index contributed by atoms with van der Waals surface area (Å²) in [5, 5.41) is 11.4. The fourth-order valence-corrected chi connectivity index (χ4v) is 1.76. The van der Waals surface area contributed by atoms with Crippen LogP contribution in [0.3, 0.4) is 0 Å². The summed E-state index contributed by atoms with van der Waals surface area (Å²) >= 11 is 1.74. The lowest BCUT2D eigenvalue weighted by Gasteiger charge is -2.06. The summed E-state index contributed by atoms with van der Waals surface area (Å²) in [5.74, 6) is 1.94. The molecule has 15 heavy (non-hydrogen) atoms. The predicted molar refractivity (Wildman–Crippen MR) is 64.9 cm³/mol. The molecule has 4 N–H and O–H groups in total. The topological polar surface area (TPSA) is 75.4 Å². The van der Waals surface area contributed by atoms with Crippen molar-refractivity contribution in [1.82, 2.24) is 5.32 Å². The molecule has 0 bridgehead atoms. The average Bonchev–Trinajstić information content (AvgIpc) is 2.20. The molecular formula is C10H22N2O2S. The number of nitrogens with one attached hydrogen (secondary N) is 1. The monoisotopic (exact) mass is 234 g/mol. The highest BCUT2D eigenvalue weighted by Crippen LogP contribution is 2.00.